The number of rotatable bonds is 2. The van der Waals surface area contributed by atoms with Crippen molar-refractivity contribution in [3.05, 3.63) is 12.2 Å². The van der Waals surface area contributed by atoms with Gasteiger partial charge in [-0.15, -0.1) is 0 Å². The van der Waals surface area contributed by atoms with E-state index < -0.39 is 0 Å². The lowest BCUT2D eigenvalue weighted by Crippen LogP contribution is -2.34. The number of aliphatic hydroxyl groups excluding tert-OH is 1. The van der Waals surface area contributed by atoms with E-state index in [2.05, 4.69) is 18.0 Å². The predicted molar refractivity (Wildman–Crippen MR) is 46.5 cm³/mol. The Hall–Kier alpha value is -0.340. The van der Waals surface area contributed by atoms with E-state index in [1.165, 1.54) is 25.8 Å². The first-order valence-electron chi connectivity index (χ1n) is 4.32. The first kappa shape index (κ1) is 8.75. The van der Waals surface area contributed by atoms with E-state index in [1.807, 2.05) is 6.08 Å². The molecule has 2 heteroatoms. The summed E-state index contributed by atoms with van der Waals surface area (Å²) in [5.74, 6) is 0. The fourth-order valence-electron chi connectivity index (χ4n) is 1.56. The van der Waals surface area contributed by atoms with E-state index in [-0.39, 0.29) is 6.61 Å². The average molecular weight is 155 g/mol. The summed E-state index contributed by atoms with van der Waals surface area (Å²) in [5, 5.41) is 8.58. The molecule has 1 atom stereocenters. The van der Waals surface area contributed by atoms with Gasteiger partial charge in [0.05, 0.1) is 6.61 Å². The summed E-state index contributed by atoms with van der Waals surface area (Å²) in [6, 6.07) is 0.566. The number of likely N-dealkylation sites (N-methyl/N-ethyl adjacent to an activating group) is 1. The number of likely N-dealkylation sites (tertiary alicyclic amines) is 1. The van der Waals surface area contributed by atoms with Crippen molar-refractivity contribution in [2.75, 3.05) is 20.2 Å². The second-order valence-corrected chi connectivity index (χ2v) is 3.15. The van der Waals surface area contributed by atoms with Gasteiger partial charge in [-0.25, -0.2) is 0 Å². The van der Waals surface area contributed by atoms with Crippen LogP contribution in [-0.2, 0) is 0 Å². The molecular weight excluding hydrogens is 138 g/mol. The van der Waals surface area contributed by atoms with E-state index >= 15 is 0 Å². The Morgan fingerprint density at radius 2 is 2.36 bits per heavy atom. The van der Waals surface area contributed by atoms with E-state index in [0.29, 0.717) is 6.04 Å². The fourth-order valence-corrected chi connectivity index (χ4v) is 1.56. The average Bonchev–Trinajstić information content (AvgIpc) is 2.03. The summed E-state index contributed by atoms with van der Waals surface area (Å²) in [5.41, 5.74) is 0. The molecule has 11 heavy (non-hydrogen) atoms. The van der Waals surface area contributed by atoms with Crippen LogP contribution in [0.15, 0.2) is 12.2 Å². The molecule has 0 aromatic heterocycles. The summed E-state index contributed by atoms with van der Waals surface area (Å²) in [6.07, 6.45) is 7.84. The van der Waals surface area contributed by atoms with Crippen LogP contribution < -0.4 is 0 Å². The molecule has 1 aliphatic heterocycles. The number of hydrogen-bond donors (Lipinski definition) is 1. The molecule has 0 aromatic rings. The smallest absolute Gasteiger partial charge is 0.0612 e. The van der Waals surface area contributed by atoms with Gasteiger partial charge in [0.2, 0.25) is 0 Å². The molecule has 1 unspecified atom stereocenters. The molecule has 0 amide bonds. The molecule has 1 heterocycles. The minimum atomic E-state index is 0.171. The van der Waals surface area contributed by atoms with Gasteiger partial charge in [0.25, 0.3) is 0 Å². The summed E-state index contributed by atoms with van der Waals surface area (Å²) >= 11 is 0. The first-order valence-corrected chi connectivity index (χ1v) is 4.32. The highest BCUT2D eigenvalue weighted by molar-refractivity contribution is 4.95. The monoisotopic (exact) mass is 155 g/mol. The zero-order chi connectivity index (χ0) is 8.10. The van der Waals surface area contributed by atoms with Crippen LogP contribution in [0.2, 0.25) is 0 Å². The normalized spacial score (nSPS) is 28.0. The maximum Gasteiger partial charge on any atom is 0.0612 e. The molecule has 64 valence electrons. The number of hydrogen-bond acceptors (Lipinski definition) is 2. The Morgan fingerprint density at radius 1 is 1.55 bits per heavy atom. The topological polar surface area (TPSA) is 23.5 Å². The highest BCUT2D eigenvalue weighted by Gasteiger charge is 2.14. The van der Waals surface area contributed by atoms with Crippen LogP contribution in [0.5, 0.6) is 0 Å². The van der Waals surface area contributed by atoms with Gasteiger partial charge in [-0.1, -0.05) is 18.6 Å². The molecule has 1 fully saturated rings. The number of piperidine rings is 1. The molecule has 1 aliphatic rings. The Balaban J connectivity index is 2.35. The predicted octanol–water partition coefficient (Wildman–Crippen LogP) is 1.02. The molecule has 1 rings (SSSR count). The maximum absolute atomic E-state index is 8.58. The van der Waals surface area contributed by atoms with E-state index in [0.717, 1.165) is 0 Å². The number of nitrogens with zero attached hydrogens (tertiary/aromatic N) is 1. The van der Waals surface area contributed by atoms with Gasteiger partial charge >= 0.3 is 0 Å². The lowest BCUT2D eigenvalue weighted by Gasteiger charge is -2.30. The molecule has 0 bridgehead atoms. The Kier molecular flexibility index (Phi) is 3.60. The Morgan fingerprint density at radius 3 is 3.00 bits per heavy atom. The molecule has 0 spiro atoms. The van der Waals surface area contributed by atoms with Crippen LogP contribution in [0, 0.1) is 0 Å². The third kappa shape index (κ3) is 2.64. The Bertz CT molecular complexity index is 134. The minimum absolute atomic E-state index is 0.171. The fraction of sp³-hybridized carbons (Fsp3) is 0.778. The third-order valence-corrected chi connectivity index (χ3v) is 2.29. The molecule has 0 saturated carbocycles. The van der Waals surface area contributed by atoms with Crippen molar-refractivity contribution in [2.24, 2.45) is 0 Å². The first-order chi connectivity index (χ1) is 5.34. The molecule has 0 radical (unpaired) electrons. The van der Waals surface area contributed by atoms with Gasteiger partial charge in [0.1, 0.15) is 0 Å². The van der Waals surface area contributed by atoms with Gasteiger partial charge in [0.15, 0.2) is 0 Å². The Labute approximate surface area is 68.5 Å². The van der Waals surface area contributed by atoms with Gasteiger partial charge in [0, 0.05) is 6.04 Å². The highest BCUT2D eigenvalue weighted by Crippen LogP contribution is 2.15. The van der Waals surface area contributed by atoms with Crippen molar-refractivity contribution < 1.29 is 5.11 Å². The van der Waals surface area contributed by atoms with Crippen molar-refractivity contribution in [3.63, 3.8) is 0 Å². The second kappa shape index (κ2) is 4.52. The standard InChI is InChI=1S/C9H17NO/c1-10-7-3-2-5-9(10)6-4-8-11/h4,6,9,11H,2-3,5,7-8H2,1H3/b6-4-. The molecule has 1 saturated heterocycles. The summed E-state index contributed by atoms with van der Waals surface area (Å²) in [6.45, 7) is 1.37. The highest BCUT2D eigenvalue weighted by atomic mass is 16.2. The summed E-state index contributed by atoms with van der Waals surface area (Å²) in [4.78, 5) is 2.34. The molecule has 0 aromatic carbocycles. The van der Waals surface area contributed by atoms with Crippen LogP contribution in [-0.4, -0.2) is 36.2 Å². The lowest BCUT2D eigenvalue weighted by atomic mass is 10.0. The van der Waals surface area contributed by atoms with Crippen molar-refractivity contribution in [2.45, 2.75) is 25.3 Å². The van der Waals surface area contributed by atoms with E-state index in [4.69, 9.17) is 5.11 Å². The van der Waals surface area contributed by atoms with Crippen LogP contribution in [0.4, 0.5) is 0 Å². The largest absolute Gasteiger partial charge is 0.392 e. The summed E-state index contributed by atoms with van der Waals surface area (Å²) < 4.78 is 0. The molecule has 2 nitrogen and oxygen atoms in total. The van der Waals surface area contributed by atoms with Crippen molar-refractivity contribution in [1.82, 2.24) is 4.90 Å². The van der Waals surface area contributed by atoms with E-state index in [1.54, 1.807) is 0 Å². The quantitative estimate of drug-likeness (QED) is 0.602. The van der Waals surface area contributed by atoms with Gasteiger partial charge < -0.3 is 5.11 Å². The van der Waals surface area contributed by atoms with Crippen LogP contribution >= 0.6 is 0 Å². The maximum atomic E-state index is 8.58. The molecular formula is C9H17NO. The zero-order valence-corrected chi connectivity index (χ0v) is 7.16. The molecule has 0 aliphatic carbocycles. The van der Waals surface area contributed by atoms with Crippen LogP contribution in [0.3, 0.4) is 0 Å². The minimum Gasteiger partial charge on any atom is -0.392 e. The van der Waals surface area contributed by atoms with Gasteiger partial charge in [-0.2, -0.15) is 0 Å². The van der Waals surface area contributed by atoms with Gasteiger partial charge in [-0.05, 0) is 26.4 Å². The van der Waals surface area contributed by atoms with Crippen molar-refractivity contribution in [3.8, 4) is 0 Å². The second-order valence-electron chi connectivity index (χ2n) is 3.15. The van der Waals surface area contributed by atoms with Crippen LogP contribution in [0.1, 0.15) is 19.3 Å². The third-order valence-electron chi connectivity index (χ3n) is 2.29. The lowest BCUT2D eigenvalue weighted by molar-refractivity contribution is 0.221. The van der Waals surface area contributed by atoms with Crippen LogP contribution in [0.25, 0.3) is 0 Å². The molecule has 1 N–H and O–H groups in total. The zero-order valence-electron chi connectivity index (χ0n) is 7.16. The van der Waals surface area contributed by atoms with Gasteiger partial charge in [-0.3, -0.25) is 4.90 Å². The van der Waals surface area contributed by atoms with Crippen molar-refractivity contribution >= 4 is 0 Å². The SMILES string of the molecule is CN1CCCCC1/C=C\CO. The number of aliphatic hydroxyl groups is 1. The van der Waals surface area contributed by atoms with E-state index in [9.17, 15) is 0 Å². The summed E-state index contributed by atoms with van der Waals surface area (Å²) in [7, 11) is 2.14. The van der Waals surface area contributed by atoms with Crippen molar-refractivity contribution in [1.29, 1.82) is 0 Å².